The van der Waals surface area contributed by atoms with E-state index in [2.05, 4.69) is 4.98 Å². The van der Waals surface area contributed by atoms with Gasteiger partial charge in [0.05, 0.1) is 13.0 Å². The van der Waals surface area contributed by atoms with Crippen LogP contribution >= 0.6 is 11.6 Å². The maximum Gasteiger partial charge on any atom is 0.209 e. The molecule has 0 saturated heterocycles. The van der Waals surface area contributed by atoms with Crippen LogP contribution in [-0.2, 0) is 5.88 Å². The number of benzene rings is 1. The van der Waals surface area contributed by atoms with Gasteiger partial charge in [-0.25, -0.2) is 4.98 Å². The number of alkyl halides is 1. The quantitative estimate of drug-likeness (QED) is 0.750. The summed E-state index contributed by atoms with van der Waals surface area (Å²) in [7, 11) is 1.64. The van der Waals surface area contributed by atoms with E-state index in [0.717, 1.165) is 17.0 Å². The van der Waals surface area contributed by atoms with Gasteiger partial charge in [-0.3, -0.25) is 0 Å². The average Bonchev–Trinajstić information content (AvgIpc) is 2.78. The van der Waals surface area contributed by atoms with Gasteiger partial charge in [-0.2, -0.15) is 0 Å². The molecule has 0 bridgehead atoms. The van der Waals surface area contributed by atoms with Crippen molar-refractivity contribution in [3.8, 4) is 17.0 Å². The first-order valence-corrected chi connectivity index (χ1v) is 5.01. The lowest BCUT2D eigenvalue weighted by Gasteiger charge is -1.99. The Morgan fingerprint density at radius 2 is 2.07 bits per heavy atom. The molecular weight excluding hydrogens is 214 g/mol. The van der Waals surface area contributed by atoms with Crippen molar-refractivity contribution in [3.05, 3.63) is 36.4 Å². The number of oxazole rings is 1. The molecule has 0 spiro atoms. The molecule has 3 nitrogen and oxygen atoms in total. The first-order valence-electron chi connectivity index (χ1n) is 4.48. The largest absolute Gasteiger partial charge is 0.497 e. The lowest BCUT2D eigenvalue weighted by molar-refractivity contribution is 0.415. The zero-order valence-corrected chi connectivity index (χ0v) is 8.99. The summed E-state index contributed by atoms with van der Waals surface area (Å²) in [5, 5.41) is 0. The van der Waals surface area contributed by atoms with Crippen molar-refractivity contribution >= 4 is 11.6 Å². The molecule has 1 heterocycles. The van der Waals surface area contributed by atoms with Gasteiger partial charge in [0.25, 0.3) is 0 Å². The van der Waals surface area contributed by atoms with Crippen LogP contribution in [0.15, 0.2) is 34.9 Å². The van der Waals surface area contributed by atoms with Crippen LogP contribution in [-0.4, -0.2) is 12.1 Å². The smallest absolute Gasteiger partial charge is 0.209 e. The molecule has 0 amide bonds. The van der Waals surface area contributed by atoms with Crippen LogP contribution in [0.2, 0.25) is 0 Å². The molecule has 2 rings (SSSR count). The van der Waals surface area contributed by atoms with Gasteiger partial charge >= 0.3 is 0 Å². The second-order valence-electron chi connectivity index (χ2n) is 2.99. The van der Waals surface area contributed by atoms with Crippen molar-refractivity contribution in [2.24, 2.45) is 0 Å². The molecule has 0 aliphatic carbocycles. The molecule has 1 aromatic heterocycles. The predicted octanol–water partition coefficient (Wildman–Crippen LogP) is 3.09. The molecule has 4 heteroatoms. The highest BCUT2D eigenvalue weighted by atomic mass is 35.5. The molecule has 0 N–H and O–H groups in total. The monoisotopic (exact) mass is 223 g/mol. The number of hydrogen-bond donors (Lipinski definition) is 0. The van der Waals surface area contributed by atoms with Crippen LogP contribution in [0.1, 0.15) is 5.89 Å². The van der Waals surface area contributed by atoms with Crippen molar-refractivity contribution < 1.29 is 9.15 Å². The summed E-state index contributed by atoms with van der Waals surface area (Å²) in [5.41, 5.74) is 1.77. The first kappa shape index (κ1) is 10.1. The summed E-state index contributed by atoms with van der Waals surface area (Å²) in [6.45, 7) is 0. The molecule has 15 heavy (non-hydrogen) atoms. The van der Waals surface area contributed by atoms with Gasteiger partial charge in [0.2, 0.25) is 5.89 Å². The zero-order valence-electron chi connectivity index (χ0n) is 8.24. The molecule has 0 saturated carbocycles. The molecule has 78 valence electrons. The van der Waals surface area contributed by atoms with E-state index in [-0.39, 0.29) is 5.88 Å². The van der Waals surface area contributed by atoms with E-state index in [9.17, 15) is 0 Å². The van der Waals surface area contributed by atoms with E-state index in [4.69, 9.17) is 20.8 Å². The van der Waals surface area contributed by atoms with Crippen molar-refractivity contribution in [1.29, 1.82) is 0 Å². The average molecular weight is 224 g/mol. The van der Waals surface area contributed by atoms with E-state index < -0.39 is 0 Å². The minimum absolute atomic E-state index is 0.288. The van der Waals surface area contributed by atoms with E-state index in [1.807, 2.05) is 24.3 Å². The van der Waals surface area contributed by atoms with Gasteiger partial charge in [-0.1, -0.05) is 0 Å². The highest BCUT2D eigenvalue weighted by Crippen LogP contribution is 2.21. The number of rotatable bonds is 3. The third-order valence-corrected chi connectivity index (χ3v) is 2.28. The molecule has 0 unspecified atom stereocenters. The Labute approximate surface area is 92.6 Å². The Hall–Kier alpha value is -1.48. The van der Waals surface area contributed by atoms with Gasteiger partial charge in [-0.15, -0.1) is 11.6 Å². The SMILES string of the molecule is COc1ccc(-c2coc(CCl)n2)cc1. The Kier molecular flexibility index (Phi) is 2.92. The van der Waals surface area contributed by atoms with Gasteiger partial charge in [0.15, 0.2) is 0 Å². The van der Waals surface area contributed by atoms with E-state index in [1.165, 1.54) is 0 Å². The lowest BCUT2D eigenvalue weighted by Crippen LogP contribution is -1.83. The number of aromatic nitrogens is 1. The maximum absolute atomic E-state index is 5.60. The zero-order chi connectivity index (χ0) is 10.7. The fourth-order valence-electron chi connectivity index (χ4n) is 1.27. The Morgan fingerprint density at radius 1 is 1.33 bits per heavy atom. The van der Waals surface area contributed by atoms with Crippen LogP contribution in [0.3, 0.4) is 0 Å². The molecular formula is C11H10ClNO2. The lowest BCUT2D eigenvalue weighted by atomic mass is 10.2. The Bertz CT molecular complexity index is 436. The van der Waals surface area contributed by atoms with E-state index >= 15 is 0 Å². The molecule has 0 radical (unpaired) electrons. The maximum atomic E-state index is 5.60. The fraction of sp³-hybridized carbons (Fsp3) is 0.182. The first-order chi connectivity index (χ1) is 7.33. The molecule has 1 aromatic carbocycles. The fourth-order valence-corrected chi connectivity index (χ4v) is 1.39. The van der Waals surface area contributed by atoms with Gasteiger partial charge in [0, 0.05) is 5.56 Å². The van der Waals surface area contributed by atoms with Crippen LogP contribution in [0.5, 0.6) is 5.75 Å². The van der Waals surface area contributed by atoms with Crippen molar-refractivity contribution in [2.45, 2.75) is 5.88 Å². The normalized spacial score (nSPS) is 10.3. The van der Waals surface area contributed by atoms with E-state index in [1.54, 1.807) is 13.4 Å². The van der Waals surface area contributed by atoms with Crippen molar-refractivity contribution in [2.75, 3.05) is 7.11 Å². The number of nitrogens with zero attached hydrogens (tertiary/aromatic N) is 1. The molecule has 0 fully saturated rings. The summed E-state index contributed by atoms with van der Waals surface area (Å²) >= 11 is 5.60. The third kappa shape index (κ3) is 2.13. The van der Waals surface area contributed by atoms with Crippen LogP contribution in [0.4, 0.5) is 0 Å². The topological polar surface area (TPSA) is 35.3 Å². The van der Waals surface area contributed by atoms with Crippen molar-refractivity contribution in [3.63, 3.8) is 0 Å². The van der Waals surface area contributed by atoms with Crippen LogP contribution in [0.25, 0.3) is 11.3 Å². The Morgan fingerprint density at radius 3 is 2.60 bits per heavy atom. The van der Waals surface area contributed by atoms with Crippen LogP contribution < -0.4 is 4.74 Å². The third-order valence-electron chi connectivity index (χ3n) is 2.05. The highest BCUT2D eigenvalue weighted by molar-refractivity contribution is 6.16. The summed E-state index contributed by atoms with van der Waals surface area (Å²) in [6.07, 6.45) is 1.60. The standard InChI is InChI=1S/C11H10ClNO2/c1-14-9-4-2-8(3-5-9)10-7-15-11(6-12)13-10/h2-5,7H,6H2,1H3. The summed E-state index contributed by atoms with van der Waals surface area (Å²) in [4.78, 5) is 4.22. The highest BCUT2D eigenvalue weighted by Gasteiger charge is 2.04. The molecule has 0 aliphatic rings. The second kappa shape index (κ2) is 4.36. The van der Waals surface area contributed by atoms with Crippen LogP contribution in [0, 0.1) is 0 Å². The predicted molar refractivity (Wildman–Crippen MR) is 58.0 cm³/mol. The number of hydrogen-bond acceptors (Lipinski definition) is 3. The summed E-state index contributed by atoms with van der Waals surface area (Å²) in [5.74, 6) is 1.64. The molecule has 2 aromatic rings. The van der Waals surface area contributed by atoms with Crippen molar-refractivity contribution in [1.82, 2.24) is 4.98 Å². The van der Waals surface area contributed by atoms with Gasteiger partial charge in [0.1, 0.15) is 17.7 Å². The number of methoxy groups -OCH3 is 1. The molecule has 0 atom stereocenters. The van der Waals surface area contributed by atoms with Gasteiger partial charge in [-0.05, 0) is 24.3 Å². The summed E-state index contributed by atoms with van der Waals surface area (Å²) < 4.78 is 10.2. The molecule has 0 aliphatic heterocycles. The minimum atomic E-state index is 0.288. The van der Waals surface area contributed by atoms with Gasteiger partial charge < -0.3 is 9.15 Å². The minimum Gasteiger partial charge on any atom is -0.497 e. The number of halogens is 1. The number of ether oxygens (including phenoxy) is 1. The second-order valence-corrected chi connectivity index (χ2v) is 3.26. The van der Waals surface area contributed by atoms with E-state index in [0.29, 0.717) is 5.89 Å². The Balaban J connectivity index is 2.28. The summed E-state index contributed by atoms with van der Waals surface area (Å²) in [6, 6.07) is 7.61.